The van der Waals surface area contributed by atoms with Gasteiger partial charge >= 0.3 is 0 Å². The van der Waals surface area contributed by atoms with Crippen LogP contribution in [0.4, 0.5) is 0 Å². The average molecular weight is 163 g/mol. The number of rotatable bonds is 2. The summed E-state index contributed by atoms with van der Waals surface area (Å²) in [5.74, 6) is -0.405. The summed E-state index contributed by atoms with van der Waals surface area (Å²) in [6.07, 6.45) is 2.62. The lowest BCUT2D eigenvalue weighted by atomic mass is 10.4. The van der Waals surface area contributed by atoms with E-state index in [2.05, 4.69) is 0 Å². The van der Waals surface area contributed by atoms with Crippen LogP contribution >= 0.6 is 0 Å². The summed E-state index contributed by atoms with van der Waals surface area (Å²) in [6.45, 7) is 0. The monoisotopic (exact) mass is 163 g/mol. The van der Waals surface area contributed by atoms with Crippen molar-refractivity contribution in [3.63, 3.8) is 0 Å². The molecule has 1 amide bonds. The van der Waals surface area contributed by atoms with Crippen molar-refractivity contribution in [3.8, 4) is 0 Å². The molecule has 0 aromatic rings. The summed E-state index contributed by atoms with van der Waals surface area (Å²) < 4.78 is 22.8. The van der Waals surface area contributed by atoms with Gasteiger partial charge in [0.1, 0.15) is 0 Å². The quantitative estimate of drug-likeness (QED) is 0.595. The van der Waals surface area contributed by atoms with E-state index in [0.717, 1.165) is 19.1 Å². The van der Waals surface area contributed by atoms with Gasteiger partial charge in [-0.1, -0.05) is 0 Å². The zero-order chi connectivity index (χ0) is 7.78. The molecule has 0 unspecified atom stereocenters. The van der Waals surface area contributed by atoms with Gasteiger partial charge in [-0.2, -0.15) is 0 Å². The first kappa shape index (κ1) is 7.53. The minimum atomic E-state index is -3.33. The third kappa shape index (κ3) is 2.34. The van der Waals surface area contributed by atoms with Crippen molar-refractivity contribution in [1.29, 1.82) is 0 Å². The molecule has 0 radical (unpaired) electrons. The van der Waals surface area contributed by atoms with E-state index in [1.54, 1.807) is 0 Å². The Morgan fingerprint density at radius 3 is 2.30 bits per heavy atom. The van der Waals surface area contributed by atoms with Gasteiger partial charge in [-0.25, -0.2) is 8.42 Å². The van der Waals surface area contributed by atoms with Gasteiger partial charge in [0.25, 0.3) is 0 Å². The van der Waals surface area contributed by atoms with Gasteiger partial charge in [0.2, 0.25) is 15.9 Å². The second-order valence-electron chi connectivity index (χ2n) is 2.51. The van der Waals surface area contributed by atoms with Crippen LogP contribution in [0.2, 0.25) is 0 Å². The highest BCUT2D eigenvalue weighted by molar-refractivity contribution is 7.89. The molecule has 58 valence electrons. The topological polar surface area (TPSA) is 63.2 Å². The number of carbonyl (C=O) groups is 1. The van der Waals surface area contributed by atoms with Gasteiger partial charge in [0.05, 0.1) is 6.26 Å². The molecule has 0 spiro atoms. The largest absolute Gasteiger partial charge is 0.274 e. The van der Waals surface area contributed by atoms with Crippen molar-refractivity contribution in [2.45, 2.75) is 12.8 Å². The lowest BCUT2D eigenvalue weighted by molar-refractivity contribution is -0.120. The van der Waals surface area contributed by atoms with Crippen molar-refractivity contribution in [1.82, 2.24) is 4.72 Å². The van der Waals surface area contributed by atoms with E-state index in [1.165, 1.54) is 0 Å². The predicted octanol–water partition coefficient (Wildman–Crippen LogP) is -0.528. The van der Waals surface area contributed by atoms with E-state index < -0.39 is 10.0 Å². The molecular weight excluding hydrogens is 154 g/mol. The average Bonchev–Trinajstić information content (AvgIpc) is 2.35. The Labute approximate surface area is 59.7 Å². The van der Waals surface area contributed by atoms with E-state index >= 15 is 0 Å². The van der Waals surface area contributed by atoms with Crippen LogP contribution in [0.5, 0.6) is 0 Å². The summed E-state index contributed by atoms with van der Waals surface area (Å²) in [5.41, 5.74) is 0. The second kappa shape index (κ2) is 2.23. The van der Waals surface area contributed by atoms with Crippen molar-refractivity contribution >= 4 is 15.9 Å². The molecule has 10 heavy (non-hydrogen) atoms. The van der Waals surface area contributed by atoms with Crippen LogP contribution in [-0.2, 0) is 14.8 Å². The maximum absolute atomic E-state index is 10.7. The van der Waals surface area contributed by atoms with Gasteiger partial charge in [-0.05, 0) is 12.8 Å². The fourth-order valence-electron chi connectivity index (χ4n) is 0.612. The molecule has 1 rings (SSSR count). The first-order valence-electron chi connectivity index (χ1n) is 3.01. The third-order valence-corrected chi connectivity index (χ3v) is 1.81. The molecule has 1 N–H and O–H groups in total. The smallest absolute Gasteiger partial charge is 0.236 e. The van der Waals surface area contributed by atoms with Crippen molar-refractivity contribution in [2.24, 2.45) is 5.92 Å². The fourth-order valence-corrected chi connectivity index (χ4v) is 1.14. The van der Waals surface area contributed by atoms with Crippen LogP contribution in [-0.4, -0.2) is 20.6 Å². The highest BCUT2D eigenvalue weighted by Gasteiger charge is 2.30. The summed E-state index contributed by atoms with van der Waals surface area (Å²) in [6, 6.07) is 0. The third-order valence-electron chi connectivity index (χ3n) is 1.23. The molecule has 0 heterocycles. The molecule has 1 fully saturated rings. The molecule has 0 saturated heterocycles. The highest BCUT2D eigenvalue weighted by Crippen LogP contribution is 2.28. The normalized spacial score (nSPS) is 18.5. The Morgan fingerprint density at radius 1 is 1.50 bits per heavy atom. The standard InChI is InChI=1S/C5H9NO3S/c1-10(8,9)6-5(7)4-2-3-4/h4H,2-3H2,1H3,(H,6,7). The zero-order valence-corrected chi connectivity index (χ0v) is 6.44. The molecule has 0 bridgehead atoms. The zero-order valence-electron chi connectivity index (χ0n) is 5.62. The number of amides is 1. The number of carbonyl (C=O) groups excluding carboxylic acids is 1. The SMILES string of the molecule is CS(=O)(=O)NC(=O)C1CC1. The van der Waals surface area contributed by atoms with Crippen LogP contribution in [0.1, 0.15) is 12.8 Å². The van der Waals surface area contributed by atoms with Gasteiger partial charge in [-0.15, -0.1) is 0 Å². The molecule has 0 aliphatic heterocycles. The lowest BCUT2D eigenvalue weighted by Crippen LogP contribution is -2.30. The summed E-state index contributed by atoms with van der Waals surface area (Å²) in [5, 5.41) is 0. The summed E-state index contributed by atoms with van der Waals surface area (Å²) in [7, 11) is -3.33. The van der Waals surface area contributed by atoms with Crippen molar-refractivity contribution in [3.05, 3.63) is 0 Å². The molecule has 1 aliphatic rings. The molecule has 1 aliphatic carbocycles. The van der Waals surface area contributed by atoms with Crippen LogP contribution < -0.4 is 4.72 Å². The van der Waals surface area contributed by atoms with Crippen LogP contribution in [0.15, 0.2) is 0 Å². The maximum Gasteiger partial charge on any atom is 0.236 e. The first-order chi connectivity index (χ1) is 4.49. The summed E-state index contributed by atoms with van der Waals surface area (Å²) in [4.78, 5) is 10.7. The number of hydrogen-bond donors (Lipinski definition) is 1. The predicted molar refractivity (Wildman–Crippen MR) is 35.7 cm³/mol. The van der Waals surface area contributed by atoms with Crippen molar-refractivity contribution < 1.29 is 13.2 Å². The van der Waals surface area contributed by atoms with E-state index in [1.807, 2.05) is 4.72 Å². The molecule has 0 aromatic heterocycles. The molecule has 0 aromatic carbocycles. The minimum Gasteiger partial charge on any atom is -0.274 e. The van der Waals surface area contributed by atoms with Crippen LogP contribution in [0, 0.1) is 5.92 Å². The van der Waals surface area contributed by atoms with Gasteiger partial charge in [0, 0.05) is 5.92 Å². The first-order valence-corrected chi connectivity index (χ1v) is 4.90. The Kier molecular flexibility index (Phi) is 1.68. The Hall–Kier alpha value is -0.580. The van der Waals surface area contributed by atoms with Gasteiger partial charge < -0.3 is 0 Å². The Balaban J connectivity index is 2.45. The van der Waals surface area contributed by atoms with E-state index in [9.17, 15) is 13.2 Å². The Morgan fingerprint density at radius 2 is 2.00 bits per heavy atom. The van der Waals surface area contributed by atoms with E-state index in [0.29, 0.717) is 0 Å². The fraction of sp³-hybridized carbons (Fsp3) is 0.800. The number of sulfonamides is 1. The maximum atomic E-state index is 10.7. The Bertz CT molecular complexity index is 240. The van der Waals surface area contributed by atoms with Crippen LogP contribution in [0.3, 0.4) is 0 Å². The van der Waals surface area contributed by atoms with E-state index in [4.69, 9.17) is 0 Å². The van der Waals surface area contributed by atoms with Crippen molar-refractivity contribution in [2.75, 3.05) is 6.26 Å². The molecule has 0 atom stereocenters. The number of nitrogens with one attached hydrogen (secondary N) is 1. The molecule has 1 saturated carbocycles. The minimum absolute atomic E-state index is 0.0466. The van der Waals surface area contributed by atoms with Gasteiger partial charge in [0.15, 0.2) is 0 Å². The molecule has 5 heteroatoms. The lowest BCUT2D eigenvalue weighted by Gasteiger charge is -1.98. The summed E-state index contributed by atoms with van der Waals surface area (Å²) >= 11 is 0. The molecule has 4 nitrogen and oxygen atoms in total. The van der Waals surface area contributed by atoms with Gasteiger partial charge in [-0.3, -0.25) is 9.52 Å². The number of hydrogen-bond acceptors (Lipinski definition) is 3. The highest BCUT2D eigenvalue weighted by atomic mass is 32.2. The molecular formula is C5H9NO3S. The second-order valence-corrected chi connectivity index (χ2v) is 4.26. The van der Waals surface area contributed by atoms with Crippen LogP contribution in [0.25, 0.3) is 0 Å². The van der Waals surface area contributed by atoms with E-state index in [-0.39, 0.29) is 11.8 Å².